The summed E-state index contributed by atoms with van der Waals surface area (Å²) < 4.78 is 33.8. The number of pyridine rings is 1. The minimum absolute atomic E-state index is 0.0488. The summed E-state index contributed by atoms with van der Waals surface area (Å²) in [6.45, 7) is 5.87. The Hall–Kier alpha value is -2.74. The van der Waals surface area contributed by atoms with E-state index in [4.69, 9.17) is 33.7 Å². The summed E-state index contributed by atoms with van der Waals surface area (Å²) in [6.07, 6.45) is 3.06. The molecule has 0 saturated heterocycles. The molecule has 32 heavy (non-hydrogen) atoms. The van der Waals surface area contributed by atoms with Crippen LogP contribution >= 0.6 is 23.2 Å². The molecule has 0 aliphatic rings. The zero-order valence-electron chi connectivity index (χ0n) is 17.6. The highest BCUT2D eigenvalue weighted by molar-refractivity contribution is 7.90. The van der Waals surface area contributed by atoms with Crippen LogP contribution < -0.4 is 10.5 Å². The number of rotatable bonds is 5. The topological polar surface area (TPSA) is 87.2 Å². The molecule has 2 heterocycles. The summed E-state index contributed by atoms with van der Waals surface area (Å²) in [4.78, 5) is 4.61. The number of hydrogen-bond acceptors (Lipinski definition) is 5. The Labute approximate surface area is 196 Å². The normalized spacial score (nSPS) is 11.9. The van der Waals surface area contributed by atoms with Gasteiger partial charge in [-0.2, -0.15) is 0 Å². The molecular weight excluding hydrogens is 469 g/mol. The lowest BCUT2D eigenvalue weighted by atomic mass is 10.0. The Balaban J connectivity index is 1.84. The van der Waals surface area contributed by atoms with Gasteiger partial charge in [0.05, 0.1) is 21.1 Å². The van der Waals surface area contributed by atoms with Crippen LogP contribution in [0.15, 0.2) is 59.8 Å². The van der Waals surface area contributed by atoms with Crippen molar-refractivity contribution in [1.82, 2.24) is 8.96 Å². The number of aromatic nitrogens is 2. The van der Waals surface area contributed by atoms with Crippen molar-refractivity contribution in [1.29, 1.82) is 0 Å². The van der Waals surface area contributed by atoms with E-state index < -0.39 is 10.0 Å². The van der Waals surface area contributed by atoms with Gasteiger partial charge >= 0.3 is 0 Å². The van der Waals surface area contributed by atoms with Crippen LogP contribution in [0.4, 0.5) is 5.69 Å². The molecule has 0 aliphatic heterocycles. The highest BCUT2D eigenvalue weighted by Gasteiger charge is 2.24. The molecule has 166 valence electrons. The molecular formula is C23H21Cl2N3O3S. The monoisotopic (exact) mass is 489 g/mol. The molecule has 0 unspecified atom stereocenters. The van der Waals surface area contributed by atoms with E-state index in [0.717, 1.165) is 11.1 Å². The van der Waals surface area contributed by atoms with E-state index in [0.29, 0.717) is 22.5 Å². The summed E-state index contributed by atoms with van der Waals surface area (Å²) in [7, 11) is -3.83. The fourth-order valence-corrected chi connectivity index (χ4v) is 5.31. The van der Waals surface area contributed by atoms with Gasteiger partial charge in [0.25, 0.3) is 10.0 Å². The first-order chi connectivity index (χ1) is 15.1. The lowest BCUT2D eigenvalue weighted by Crippen LogP contribution is -2.12. The van der Waals surface area contributed by atoms with E-state index in [9.17, 15) is 8.42 Å². The average molecular weight is 490 g/mol. The molecule has 4 rings (SSSR count). The second-order valence-electron chi connectivity index (χ2n) is 7.81. The summed E-state index contributed by atoms with van der Waals surface area (Å²) >= 11 is 12.5. The average Bonchev–Trinajstić information content (AvgIpc) is 3.11. The van der Waals surface area contributed by atoms with Gasteiger partial charge in [-0.3, -0.25) is 0 Å². The van der Waals surface area contributed by atoms with Crippen molar-refractivity contribution in [3.05, 3.63) is 76.0 Å². The third kappa shape index (κ3) is 4.03. The molecule has 0 spiro atoms. The molecule has 4 aromatic rings. The minimum atomic E-state index is -3.83. The molecule has 0 amide bonds. The van der Waals surface area contributed by atoms with Gasteiger partial charge in [-0.25, -0.2) is 17.4 Å². The van der Waals surface area contributed by atoms with Gasteiger partial charge in [-0.05, 0) is 48.7 Å². The number of ether oxygens (including phenoxy) is 1. The van der Waals surface area contributed by atoms with Gasteiger partial charge in [-0.15, -0.1) is 0 Å². The third-order valence-electron chi connectivity index (χ3n) is 5.06. The maximum atomic E-state index is 13.3. The molecule has 2 aromatic heterocycles. The van der Waals surface area contributed by atoms with E-state index in [1.807, 2.05) is 20.8 Å². The first-order valence-corrected chi connectivity index (χ1v) is 12.0. The largest absolute Gasteiger partial charge is 0.453 e. The lowest BCUT2D eigenvalue weighted by Gasteiger charge is -2.11. The third-order valence-corrected chi connectivity index (χ3v) is 7.28. The van der Waals surface area contributed by atoms with Gasteiger partial charge < -0.3 is 10.5 Å². The molecule has 2 N–H and O–H groups in total. The van der Waals surface area contributed by atoms with Gasteiger partial charge in [-0.1, -0.05) is 54.7 Å². The zero-order chi connectivity index (χ0) is 23.2. The second-order valence-corrected chi connectivity index (χ2v) is 10.4. The Bertz CT molecular complexity index is 1410. The fourth-order valence-electron chi connectivity index (χ4n) is 3.40. The van der Waals surface area contributed by atoms with Crippen LogP contribution in [0.25, 0.3) is 11.0 Å². The molecule has 0 fully saturated rings. The van der Waals surface area contributed by atoms with E-state index in [1.165, 1.54) is 10.2 Å². The number of nitrogens with zero attached hydrogens (tertiary/aromatic N) is 2. The quantitative estimate of drug-likeness (QED) is 0.328. The molecule has 0 radical (unpaired) electrons. The van der Waals surface area contributed by atoms with Crippen molar-refractivity contribution in [2.75, 3.05) is 5.73 Å². The van der Waals surface area contributed by atoms with Crippen LogP contribution in [0, 0.1) is 6.92 Å². The Morgan fingerprint density at radius 3 is 2.28 bits per heavy atom. The van der Waals surface area contributed by atoms with Crippen LogP contribution in [-0.2, 0) is 10.0 Å². The van der Waals surface area contributed by atoms with Gasteiger partial charge in [0.2, 0.25) is 0 Å². The molecule has 0 bridgehead atoms. The number of hydrogen-bond donors (Lipinski definition) is 1. The first kappa shape index (κ1) is 22.5. The van der Waals surface area contributed by atoms with Crippen LogP contribution in [0.1, 0.15) is 30.9 Å². The number of fused-ring (bicyclic) bond motifs is 1. The standard InChI is InChI=1S/C23H21Cl2N3O3S/c1-13(2)19-12-28(32(29,30)17-6-4-14(3)5-7-17)23-18(19)10-16(11-27-23)31-22-20(24)8-15(26)9-21(22)25/h4-13H,26H2,1-3H3. The second kappa shape index (κ2) is 8.31. The predicted octanol–water partition coefficient (Wildman–Crippen LogP) is 6.39. The van der Waals surface area contributed by atoms with Crippen molar-refractivity contribution in [3.8, 4) is 11.5 Å². The van der Waals surface area contributed by atoms with Crippen molar-refractivity contribution in [3.63, 3.8) is 0 Å². The van der Waals surface area contributed by atoms with Crippen molar-refractivity contribution in [2.24, 2.45) is 0 Å². The molecule has 0 aliphatic carbocycles. The Morgan fingerprint density at radius 2 is 1.69 bits per heavy atom. The smallest absolute Gasteiger partial charge is 0.269 e. The summed E-state index contributed by atoms with van der Waals surface area (Å²) in [5.41, 5.74) is 8.28. The number of nitrogens with two attached hydrogens (primary N) is 1. The number of anilines is 1. The Kier molecular flexibility index (Phi) is 5.83. The maximum absolute atomic E-state index is 13.3. The molecule has 6 nitrogen and oxygen atoms in total. The first-order valence-electron chi connectivity index (χ1n) is 9.83. The maximum Gasteiger partial charge on any atom is 0.269 e. The van der Waals surface area contributed by atoms with Crippen molar-refractivity contribution in [2.45, 2.75) is 31.6 Å². The summed E-state index contributed by atoms with van der Waals surface area (Å²) in [6, 6.07) is 11.5. The lowest BCUT2D eigenvalue weighted by molar-refractivity contribution is 0.482. The van der Waals surface area contributed by atoms with Crippen LogP contribution in [-0.4, -0.2) is 17.4 Å². The molecule has 0 saturated carbocycles. The molecule has 2 aromatic carbocycles. The van der Waals surface area contributed by atoms with E-state index >= 15 is 0 Å². The van der Waals surface area contributed by atoms with E-state index in [2.05, 4.69) is 4.98 Å². The zero-order valence-corrected chi connectivity index (χ0v) is 20.0. The highest BCUT2D eigenvalue weighted by Crippen LogP contribution is 2.39. The Morgan fingerprint density at radius 1 is 1.06 bits per heavy atom. The van der Waals surface area contributed by atoms with Gasteiger partial charge in [0.15, 0.2) is 11.4 Å². The number of halogens is 2. The van der Waals surface area contributed by atoms with E-state index in [-0.39, 0.29) is 26.6 Å². The fraction of sp³-hybridized carbons (Fsp3) is 0.174. The van der Waals surface area contributed by atoms with Crippen molar-refractivity contribution >= 4 is 49.9 Å². The number of aryl methyl sites for hydroxylation is 1. The molecule has 9 heteroatoms. The van der Waals surface area contributed by atoms with Gasteiger partial charge in [0.1, 0.15) is 5.75 Å². The minimum Gasteiger partial charge on any atom is -0.453 e. The summed E-state index contributed by atoms with van der Waals surface area (Å²) in [5, 5.41) is 1.19. The SMILES string of the molecule is Cc1ccc(S(=O)(=O)n2cc(C(C)C)c3cc(Oc4c(Cl)cc(N)cc4Cl)cnc32)cc1. The van der Waals surface area contributed by atoms with Crippen LogP contribution in [0.3, 0.4) is 0 Å². The van der Waals surface area contributed by atoms with Crippen LogP contribution in [0.5, 0.6) is 11.5 Å². The van der Waals surface area contributed by atoms with E-state index in [1.54, 1.807) is 48.7 Å². The van der Waals surface area contributed by atoms with Gasteiger partial charge in [0, 0.05) is 17.3 Å². The van der Waals surface area contributed by atoms with Crippen molar-refractivity contribution < 1.29 is 13.2 Å². The summed E-state index contributed by atoms with van der Waals surface area (Å²) in [5.74, 6) is 0.674. The highest BCUT2D eigenvalue weighted by atomic mass is 35.5. The number of nitrogen functional groups attached to an aromatic ring is 1. The predicted molar refractivity (Wildman–Crippen MR) is 129 cm³/mol. The van der Waals surface area contributed by atoms with Crippen LogP contribution in [0.2, 0.25) is 10.0 Å². The number of benzene rings is 2. The molecule has 0 atom stereocenters.